The lowest BCUT2D eigenvalue weighted by molar-refractivity contribution is 0.229. The van der Waals surface area contributed by atoms with Crippen LogP contribution in [-0.2, 0) is 0 Å². The number of benzene rings is 1. The van der Waals surface area contributed by atoms with E-state index in [1.165, 1.54) is 0 Å². The SMILES string of the molecule is COc1ccc(/C=C/C(O)c2ccncc2)cc1OC. The fourth-order valence-electron chi connectivity index (χ4n) is 1.83. The van der Waals surface area contributed by atoms with Gasteiger partial charge in [0.15, 0.2) is 11.5 Å². The summed E-state index contributed by atoms with van der Waals surface area (Å²) in [7, 11) is 3.19. The highest BCUT2D eigenvalue weighted by atomic mass is 16.5. The van der Waals surface area contributed by atoms with E-state index < -0.39 is 6.10 Å². The van der Waals surface area contributed by atoms with Gasteiger partial charge in [0.25, 0.3) is 0 Å². The van der Waals surface area contributed by atoms with E-state index in [4.69, 9.17) is 9.47 Å². The average molecular weight is 271 g/mol. The van der Waals surface area contributed by atoms with E-state index in [-0.39, 0.29) is 0 Å². The van der Waals surface area contributed by atoms with Gasteiger partial charge in [0.1, 0.15) is 0 Å². The topological polar surface area (TPSA) is 51.6 Å². The molecular weight excluding hydrogens is 254 g/mol. The summed E-state index contributed by atoms with van der Waals surface area (Å²) in [6.07, 6.45) is 6.21. The lowest BCUT2D eigenvalue weighted by atomic mass is 10.1. The third-order valence-electron chi connectivity index (χ3n) is 2.93. The normalized spacial score (nSPS) is 12.3. The summed E-state index contributed by atoms with van der Waals surface area (Å²) in [5.74, 6) is 1.34. The highest BCUT2D eigenvalue weighted by Gasteiger charge is 2.04. The molecule has 0 radical (unpaired) electrons. The summed E-state index contributed by atoms with van der Waals surface area (Å²) in [5, 5.41) is 10.0. The van der Waals surface area contributed by atoms with Crippen LogP contribution in [0.25, 0.3) is 6.08 Å². The maximum Gasteiger partial charge on any atom is 0.161 e. The molecule has 1 aromatic heterocycles. The largest absolute Gasteiger partial charge is 0.493 e. The first-order chi connectivity index (χ1) is 9.74. The molecule has 0 spiro atoms. The smallest absolute Gasteiger partial charge is 0.161 e. The fourth-order valence-corrected chi connectivity index (χ4v) is 1.83. The lowest BCUT2D eigenvalue weighted by Gasteiger charge is -2.08. The Kier molecular flexibility index (Phi) is 4.74. The first-order valence-electron chi connectivity index (χ1n) is 6.23. The zero-order valence-corrected chi connectivity index (χ0v) is 11.5. The van der Waals surface area contributed by atoms with Crippen LogP contribution in [0.15, 0.2) is 48.8 Å². The molecule has 0 aliphatic rings. The number of hydrogen-bond acceptors (Lipinski definition) is 4. The maximum absolute atomic E-state index is 10.0. The van der Waals surface area contributed by atoms with Crippen LogP contribution in [0.5, 0.6) is 11.5 Å². The van der Waals surface area contributed by atoms with Crippen LogP contribution >= 0.6 is 0 Å². The number of ether oxygens (including phenoxy) is 2. The standard InChI is InChI=1S/C16H17NO3/c1-19-15-6-4-12(11-16(15)20-2)3-5-14(18)13-7-9-17-10-8-13/h3-11,14,18H,1-2H3/b5-3+. The Balaban J connectivity index is 2.15. The molecule has 0 amide bonds. The Bertz CT molecular complexity index is 582. The van der Waals surface area contributed by atoms with E-state index in [0.717, 1.165) is 11.1 Å². The lowest BCUT2D eigenvalue weighted by Crippen LogP contribution is -1.93. The Morgan fingerprint density at radius 2 is 1.75 bits per heavy atom. The van der Waals surface area contributed by atoms with Gasteiger partial charge in [-0.2, -0.15) is 0 Å². The van der Waals surface area contributed by atoms with Crippen LogP contribution in [0, 0.1) is 0 Å². The molecule has 0 saturated carbocycles. The molecule has 20 heavy (non-hydrogen) atoms. The average Bonchev–Trinajstić information content (AvgIpc) is 2.53. The maximum atomic E-state index is 10.0. The number of hydrogen-bond donors (Lipinski definition) is 1. The van der Waals surface area contributed by atoms with E-state index in [1.807, 2.05) is 24.3 Å². The number of aliphatic hydroxyl groups is 1. The number of aromatic nitrogens is 1. The van der Waals surface area contributed by atoms with Crippen molar-refractivity contribution in [2.24, 2.45) is 0 Å². The van der Waals surface area contributed by atoms with Gasteiger partial charge in [0, 0.05) is 12.4 Å². The Morgan fingerprint density at radius 1 is 1.05 bits per heavy atom. The van der Waals surface area contributed by atoms with Gasteiger partial charge in [-0.15, -0.1) is 0 Å². The van der Waals surface area contributed by atoms with Gasteiger partial charge in [-0.25, -0.2) is 0 Å². The highest BCUT2D eigenvalue weighted by molar-refractivity contribution is 5.56. The Labute approximate surface area is 118 Å². The number of methoxy groups -OCH3 is 2. The zero-order valence-electron chi connectivity index (χ0n) is 11.5. The molecule has 1 unspecified atom stereocenters. The summed E-state index contributed by atoms with van der Waals surface area (Å²) in [5.41, 5.74) is 1.73. The van der Waals surface area contributed by atoms with E-state index in [0.29, 0.717) is 11.5 Å². The second-order valence-corrected chi connectivity index (χ2v) is 4.20. The van der Waals surface area contributed by atoms with Crippen LogP contribution in [0.1, 0.15) is 17.2 Å². The molecular formula is C16H17NO3. The highest BCUT2D eigenvalue weighted by Crippen LogP contribution is 2.28. The summed E-state index contributed by atoms with van der Waals surface area (Å²) < 4.78 is 10.4. The van der Waals surface area contributed by atoms with Gasteiger partial charge in [-0.3, -0.25) is 4.98 Å². The van der Waals surface area contributed by atoms with Crippen molar-refractivity contribution >= 4 is 6.08 Å². The summed E-state index contributed by atoms with van der Waals surface area (Å²) in [6, 6.07) is 9.15. The molecule has 1 atom stereocenters. The molecule has 4 nitrogen and oxygen atoms in total. The van der Waals surface area contributed by atoms with Crippen molar-refractivity contribution in [2.75, 3.05) is 14.2 Å². The number of pyridine rings is 1. The molecule has 0 saturated heterocycles. The minimum atomic E-state index is -0.661. The van der Waals surface area contributed by atoms with Crippen LogP contribution in [-0.4, -0.2) is 24.3 Å². The summed E-state index contributed by atoms with van der Waals surface area (Å²) in [6.45, 7) is 0. The molecule has 2 aromatic rings. The van der Waals surface area contributed by atoms with E-state index in [9.17, 15) is 5.11 Å². The van der Waals surface area contributed by atoms with Crippen LogP contribution in [0.3, 0.4) is 0 Å². The first kappa shape index (κ1) is 14.1. The van der Waals surface area contributed by atoms with Gasteiger partial charge >= 0.3 is 0 Å². The minimum absolute atomic E-state index is 0.660. The third kappa shape index (κ3) is 3.36. The molecule has 0 aliphatic carbocycles. The van der Waals surface area contributed by atoms with Crippen molar-refractivity contribution in [1.82, 2.24) is 4.98 Å². The zero-order chi connectivity index (χ0) is 14.4. The minimum Gasteiger partial charge on any atom is -0.493 e. The van der Waals surface area contributed by atoms with Crippen LogP contribution in [0.4, 0.5) is 0 Å². The van der Waals surface area contributed by atoms with Crippen molar-refractivity contribution < 1.29 is 14.6 Å². The van der Waals surface area contributed by atoms with Gasteiger partial charge < -0.3 is 14.6 Å². The molecule has 0 aliphatic heterocycles. The second-order valence-electron chi connectivity index (χ2n) is 4.20. The molecule has 0 bridgehead atoms. The Morgan fingerprint density at radius 3 is 2.40 bits per heavy atom. The number of rotatable bonds is 5. The van der Waals surface area contributed by atoms with Crippen LogP contribution < -0.4 is 9.47 Å². The molecule has 4 heteroatoms. The van der Waals surface area contributed by atoms with Gasteiger partial charge in [0.2, 0.25) is 0 Å². The van der Waals surface area contributed by atoms with E-state index in [2.05, 4.69) is 4.98 Å². The molecule has 1 heterocycles. The number of aliphatic hydroxyl groups excluding tert-OH is 1. The van der Waals surface area contributed by atoms with Gasteiger partial charge in [-0.05, 0) is 35.4 Å². The summed E-state index contributed by atoms with van der Waals surface area (Å²) in [4.78, 5) is 3.92. The van der Waals surface area contributed by atoms with E-state index in [1.54, 1.807) is 44.8 Å². The van der Waals surface area contributed by atoms with Gasteiger partial charge in [0.05, 0.1) is 20.3 Å². The van der Waals surface area contributed by atoms with Crippen molar-refractivity contribution in [3.63, 3.8) is 0 Å². The van der Waals surface area contributed by atoms with Crippen molar-refractivity contribution in [3.05, 3.63) is 59.9 Å². The fraction of sp³-hybridized carbons (Fsp3) is 0.188. The summed E-state index contributed by atoms with van der Waals surface area (Å²) >= 11 is 0. The third-order valence-corrected chi connectivity index (χ3v) is 2.93. The van der Waals surface area contributed by atoms with Gasteiger partial charge in [-0.1, -0.05) is 18.2 Å². The molecule has 104 valence electrons. The molecule has 1 N–H and O–H groups in total. The first-order valence-corrected chi connectivity index (χ1v) is 6.23. The quantitative estimate of drug-likeness (QED) is 0.908. The number of nitrogens with zero attached hydrogens (tertiary/aromatic N) is 1. The molecule has 1 aromatic carbocycles. The Hall–Kier alpha value is -2.33. The predicted octanol–water partition coefficient (Wildman–Crippen LogP) is 2.85. The van der Waals surface area contributed by atoms with Crippen molar-refractivity contribution in [2.45, 2.75) is 6.10 Å². The van der Waals surface area contributed by atoms with Crippen molar-refractivity contribution in [1.29, 1.82) is 0 Å². The monoisotopic (exact) mass is 271 g/mol. The molecule has 0 fully saturated rings. The predicted molar refractivity (Wildman–Crippen MR) is 77.8 cm³/mol. The van der Waals surface area contributed by atoms with Crippen molar-refractivity contribution in [3.8, 4) is 11.5 Å². The second kappa shape index (κ2) is 6.73. The van der Waals surface area contributed by atoms with E-state index >= 15 is 0 Å². The van der Waals surface area contributed by atoms with Crippen LogP contribution in [0.2, 0.25) is 0 Å². The molecule has 2 rings (SSSR count).